The van der Waals surface area contributed by atoms with Gasteiger partial charge in [-0.25, -0.2) is 0 Å². The summed E-state index contributed by atoms with van der Waals surface area (Å²) < 4.78 is 11.5. The van der Waals surface area contributed by atoms with Crippen LogP contribution in [0.5, 0.6) is 0 Å². The molecule has 1 saturated heterocycles. The van der Waals surface area contributed by atoms with Gasteiger partial charge in [0.05, 0.1) is 12.7 Å². The highest BCUT2D eigenvalue weighted by atomic mass is 16.7. The van der Waals surface area contributed by atoms with Crippen LogP contribution in [0.15, 0.2) is 11.6 Å². The number of carbonyl (C=O) groups excluding carboxylic acids is 2. The van der Waals surface area contributed by atoms with Crippen LogP contribution in [0.1, 0.15) is 40.0 Å². The first kappa shape index (κ1) is 23.5. The first-order valence-corrected chi connectivity index (χ1v) is 10.3. The lowest BCUT2D eigenvalue weighted by Gasteiger charge is -2.60. The Labute approximate surface area is 175 Å². The Morgan fingerprint density at radius 1 is 1.13 bits per heavy atom. The molecule has 1 heterocycles. The average Bonchev–Trinajstić information content (AvgIpc) is 2.69. The van der Waals surface area contributed by atoms with Crippen LogP contribution >= 0.6 is 0 Å². The third-order valence-corrected chi connectivity index (χ3v) is 7.47. The molecule has 1 unspecified atom stereocenters. The Morgan fingerprint density at radius 2 is 1.80 bits per heavy atom. The SMILES string of the molecule is CC1(C)CCC[C@@]2(C)C1[C@H](O[C@@H]1O[C@H](CO)[C@@H](O)[C@H](O)[C@H]1O)C=C(C=O)[C@]2(O)C=O. The maximum atomic E-state index is 12.0. The molecule has 2 fully saturated rings. The summed E-state index contributed by atoms with van der Waals surface area (Å²) in [6.45, 7) is 5.14. The van der Waals surface area contributed by atoms with Gasteiger partial charge in [0.25, 0.3) is 0 Å². The minimum absolute atomic E-state index is 0.122. The predicted octanol–water partition coefficient (Wildman–Crippen LogP) is -0.927. The molecule has 0 aromatic rings. The van der Waals surface area contributed by atoms with Gasteiger partial charge >= 0.3 is 0 Å². The molecule has 0 aromatic heterocycles. The lowest BCUT2D eigenvalue weighted by Crippen LogP contribution is -2.66. The van der Waals surface area contributed by atoms with Crippen molar-refractivity contribution in [3.63, 3.8) is 0 Å². The molecule has 5 N–H and O–H groups in total. The van der Waals surface area contributed by atoms with Crippen LogP contribution in [-0.4, -0.2) is 87.1 Å². The van der Waals surface area contributed by atoms with Gasteiger partial charge in [0.15, 0.2) is 18.2 Å². The second kappa shape index (κ2) is 8.05. The quantitative estimate of drug-likeness (QED) is 0.350. The summed E-state index contributed by atoms with van der Waals surface area (Å²) in [6, 6.07) is 0. The van der Waals surface area contributed by atoms with E-state index in [0.717, 1.165) is 12.8 Å². The fraction of sp³-hybridized carbons (Fsp3) is 0.810. The number of ether oxygens (including phenoxy) is 2. The van der Waals surface area contributed by atoms with Crippen molar-refractivity contribution in [2.75, 3.05) is 6.61 Å². The Kier molecular flexibility index (Phi) is 6.30. The molecule has 0 bridgehead atoms. The molecule has 0 aromatic carbocycles. The van der Waals surface area contributed by atoms with Crippen molar-refractivity contribution in [1.82, 2.24) is 0 Å². The van der Waals surface area contributed by atoms with Gasteiger partial charge in [-0.05, 0) is 24.3 Å². The fourth-order valence-corrected chi connectivity index (χ4v) is 5.83. The number of hydrogen-bond acceptors (Lipinski definition) is 9. The van der Waals surface area contributed by atoms with Crippen molar-refractivity contribution in [2.45, 2.75) is 82.4 Å². The molecular formula is C21H32O9. The number of carbonyl (C=O) groups is 2. The molecule has 1 saturated carbocycles. The van der Waals surface area contributed by atoms with Gasteiger partial charge in [-0.3, -0.25) is 9.59 Å². The van der Waals surface area contributed by atoms with Crippen LogP contribution in [0.25, 0.3) is 0 Å². The standard InChI is InChI=1S/C21H32O9/c1-19(2)5-4-6-20(3)17(19)12(7-11(8-22)21(20,28)10-24)29-18-16(27)15(26)14(25)13(9-23)30-18/h7-8,10,12-18,23,25-28H,4-6,9H2,1-3H3/t12-,13-,14-,15+,16-,17?,18-,20+,21-/m1/s1. The molecule has 170 valence electrons. The van der Waals surface area contributed by atoms with Gasteiger partial charge in [-0.15, -0.1) is 0 Å². The van der Waals surface area contributed by atoms with Gasteiger partial charge in [0, 0.05) is 16.9 Å². The monoisotopic (exact) mass is 428 g/mol. The molecule has 3 aliphatic rings. The molecule has 0 radical (unpaired) electrons. The van der Waals surface area contributed by atoms with Gasteiger partial charge in [-0.2, -0.15) is 0 Å². The number of fused-ring (bicyclic) bond motifs is 1. The van der Waals surface area contributed by atoms with Crippen LogP contribution in [0.4, 0.5) is 0 Å². The third-order valence-electron chi connectivity index (χ3n) is 7.47. The van der Waals surface area contributed by atoms with Crippen LogP contribution < -0.4 is 0 Å². The van der Waals surface area contributed by atoms with Crippen LogP contribution in [0.2, 0.25) is 0 Å². The topological polar surface area (TPSA) is 154 Å². The fourth-order valence-electron chi connectivity index (χ4n) is 5.83. The minimum Gasteiger partial charge on any atom is -0.394 e. The van der Waals surface area contributed by atoms with E-state index in [1.54, 1.807) is 6.92 Å². The number of aliphatic hydroxyl groups is 5. The Bertz CT molecular complexity index is 705. The van der Waals surface area contributed by atoms with E-state index in [1.165, 1.54) is 6.08 Å². The van der Waals surface area contributed by atoms with Crippen molar-refractivity contribution < 1.29 is 44.6 Å². The van der Waals surface area contributed by atoms with E-state index < -0.39 is 65.8 Å². The zero-order chi connectivity index (χ0) is 22.5. The van der Waals surface area contributed by atoms with Crippen molar-refractivity contribution in [1.29, 1.82) is 0 Å². The Balaban J connectivity index is 2.03. The lowest BCUT2D eigenvalue weighted by atomic mass is 9.46. The average molecular weight is 428 g/mol. The molecule has 3 rings (SSSR count). The number of aldehydes is 2. The molecule has 9 nitrogen and oxygen atoms in total. The molecular weight excluding hydrogens is 396 g/mol. The molecule has 30 heavy (non-hydrogen) atoms. The summed E-state index contributed by atoms with van der Waals surface area (Å²) in [7, 11) is 0. The first-order valence-electron chi connectivity index (χ1n) is 10.3. The summed E-state index contributed by atoms with van der Waals surface area (Å²) in [4.78, 5) is 23.8. The van der Waals surface area contributed by atoms with E-state index in [1.807, 2.05) is 13.8 Å². The molecule has 9 atom stereocenters. The molecule has 2 aliphatic carbocycles. The summed E-state index contributed by atoms with van der Waals surface area (Å²) in [6.07, 6.45) is -3.83. The van der Waals surface area contributed by atoms with Crippen molar-refractivity contribution >= 4 is 12.6 Å². The van der Waals surface area contributed by atoms with Crippen molar-refractivity contribution in [2.24, 2.45) is 16.7 Å². The Morgan fingerprint density at radius 3 is 2.37 bits per heavy atom. The van der Waals surface area contributed by atoms with Gasteiger partial charge in [-0.1, -0.05) is 27.2 Å². The molecule has 9 heteroatoms. The normalized spacial score (nSPS) is 48.4. The van der Waals surface area contributed by atoms with E-state index in [-0.39, 0.29) is 5.57 Å². The number of hydrogen-bond donors (Lipinski definition) is 5. The smallest absolute Gasteiger partial charge is 0.187 e. The summed E-state index contributed by atoms with van der Waals surface area (Å²) in [5, 5.41) is 51.1. The van der Waals surface area contributed by atoms with Gasteiger partial charge in [0.2, 0.25) is 0 Å². The second-order valence-electron chi connectivity index (χ2n) is 9.66. The largest absolute Gasteiger partial charge is 0.394 e. The maximum Gasteiger partial charge on any atom is 0.187 e. The van der Waals surface area contributed by atoms with Crippen molar-refractivity contribution in [3.8, 4) is 0 Å². The number of aliphatic hydroxyl groups excluding tert-OH is 4. The maximum absolute atomic E-state index is 12.0. The zero-order valence-electron chi connectivity index (χ0n) is 17.5. The molecule has 1 aliphatic heterocycles. The second-order valence-corrected chi connectivity index (χ2v) is 9.66. The minimum atomic E-state index is -1.98. The highest BCUT2D eigenvalue weighted by molar-refractivity contribution is 5.88. The Hall–Kier alpha value is -1.20. The summed E-state index contributed by atoms with van der Waals surface area (Å²) in [5.74, 6) is -0.426. The highest BCUT2D eigenvalue weighted by Gasteiger charge is 2.64. The number of rotatable bonds is 5. The van der Waals surface area contributed by atoms with E-state index in [0.29, 0.717) is 19.0 Å². The third kappa shape index (κ3) is 3.37. The van der Waals surface area contributed by atoms with Crippen molar-refractivity contribution in [3.05, 3.63) is 11.6 Å². The zero-order valence-corrected chi connectivity index (χ0v) is 17.5. The van der Waals surface area contributed by atoms with E-state index in [9.17, 15) is 35.1 Å². The first-order chi connectivity index (χ1) is 14.0. The summed E-state index contributed by atoms with van der Waals surface area (Å²) in [5.41, 5.74) is -3.51. The van der Waals surface area contributed by atoms with Crippen LogP contribution in [0.3, 0.4) is 0 Å². The molecule has 0 amide bonds. The molecule has 0 spiro atoms. The van der Waals surface area contributed by atoms with Crippen LogP contribution in [-0.2, 0) is 19.1 Å². The lowest BCUT2D eigenvalue weighted by molar-refractivity contribution is -0.320. The van der Waals surface area contributed by atoms with E-state index >= 15 is 0 Å². The van der Waals surface area contributed by atoms with Gasteiger partial charge < -0.3 is 35.0 Å². The van der Waals surface area contributed by atoms with Gasteiger partial charge in [0.1, 0.15) is 30.7 Å². The van der Waals surface area contributed by atoms with Crippen LogP contribution in [0, 0.1) is 16.7 Å². The highest BCUT2D eigenvalue weighted by Crippen LogP contribution is 2.61. The van der Waals surface area contributed by atoms with E-state index in [2.05, 4.69) is 0 Å². The van der Waals surface area contributed by atoms with E-state index in [4.69, 9.17) is 9.47 Å². The summed E-state index contributed by atoms with van der Waals surface area (Å²) >= 11 is 0. The predicted molar refractivity (Wildman–Crippen MR) is 103 cm³/mol.